The molecule has 6 saturated carbocycles. The summed E-state index contributed by atoms with van der Waals surface area (Å²) >= 11 is 0. The minimum Gasteiger partial charge on any atom is -0.207 e. The summed E-state index contributed by atoms with van der Waals surface area (Å²) in [5, 5.41) is 0. The van der Waals surface area contributed by atoms with Crippen molar-refractivity contribution in [2.75, 3.05) is 0 Å². The van der Waals surface area contributed by atoms with Gasteiger partial charge in [0.05, 0.1) is 4.90 Å². The molecule has 6 bridgehead atoms. The molecule has 1 aromatic rings. The highest BCUT2D eigenvalue weighted by molar-refractivity contribution is 8.13. The summed E-state index contributed by atoms with van der Waals surface area (Å²) in [6.07, 6.45) is 16.6. The van der Waals surface area contributed by atoms with E-state index in [1.807, 2.05) is 0 Å². The van der Waals surface area contributed by atoms with Crippen LogP contribution in [0.15, 0.2) is 17.0 Å². The maximum atomic E-state index is 13.2. The van der Waals surface area contributed by atoms with Crippen LogP contribution in [0.5, 0.6) is 0 Å². The van der Waals surface area contributed by atoms with E-state index >= 15 is 0 Å². The van der Waals surface area contributed by atoms with Crippen LogP contribution in [0.1, 0.15) is 112 Å². The van der Waals surface area contributed by atoms with E-state index < -0.39 is 9.05 Å². The van der Waals surface area contributed by atoms with Crippen LogP contribution in [0, 0.1) is 29.6 Å². The molecule has 6 unspecified atom stereocenters. The summed E-state index contributed by atoms with van der Waals surface area (Å²) in [7, 11) is 2.54. The smallest absolute Gasteiger partial charge is 0.207 e. The van der Waals surface area contributed by atoms with E-state index in [-0.39, 0.29) is 5.41 Å². The molecule has 0 aromatic heterocycles. The second-order valence-corrected chi connectivity index (χ2v) is 14.9. The van der Waals surface area contributed by atoms with Gasteiger partial charge in [-0.25, -0.2) is 8.42 Å². The molecule has 6 aliphatic rings. The lowest BCUT2D eigenvalue weighted by atomic mass is 9.72. The van der Waals surface area contributed by atoms with Gasteiger partial charge in [-0.3, -0.25) is 0 Å². The fraction of sp³-hybridized carbons (Fsp3) is 0.778. The number of halogens is 1. The topological polar surface area (TPSA) is 34.1 Å². The van der Waals surface area contributed by atoms with Crippen LogP contribution >= 0.6 is 10.7 Å². The van der Waals surface area contributed by atoms with Crippen molar-refractivity contribution in [3.8, 4) is 0 Å². The minimum atomic E-state index is -3.76. The summed E-state index contributed by atoms with van der Waals surface area (Å²) in [6, 6.07) is 4.75. The lowest BCUT2D eigenvalue weighted by molar-refractivity contribution is 0.391. The molecule has 0 spiro atoms. The molecule has 6 atom stereocenters. The molecule has 0 radical (unpaired) electrons. The lowest BCUT2D eigenvalue weighted by Gasteiger charge is -2.34. The van der Waals surface area contributed by atoms with Crippen molar-refractivity contribution in [2.24, 2.45) is 29.6 Å². The molecule has 0 N–H and O–H groups in total. The van der Waals surface area contributed by atoms with E-state index in [0.717, 1.165) is 47.6 Å². The Hall–Kier alpha value is -0.540. The summed E-state index contributed by atoms with van der Waals surface area (Å²) < 4.78 is 26.4. The molecular formula is C27H35ClO2S. The van der Waals surface area contributed by atoms with Gasteiger partial charge in [0.1, 0.15) is 0 Å². The molecular weight excluding hydrogens is 424 g/mol. The molecule has 0 aliphatic heterocycles. The van der Waals surface area contributed by atoms with Crippen LogP contribution in [-0.4, -0.2) is 8.42 Å². The Bertz CT molecular complexity index is 1020. The van der Waals surface area contributed by atoms with Gasteiger partial charge in [-0.1, -0.05) is 25.0 Å². The SMILES string of the molecule is O=S(=O)(Cl)c1c(C2CC3CCC2C3)cc(C2CC3CCC2C3)cc1C12CCC(CC1)C2. The first-order valence-electron chi connectivity index (χ1n) is 13.0. The Balaban J connectivity index is 1.44. The Morgan fingerprint density at radius 3 is 1.90 bits per heavy atom. The van der Waals surface area contributed by atoms with Crippen molar-refractivity contribution in [1.82, 2.24) is 0 Å². The van der Waals surface area contributed by atoms with Gasteiger partial charge < -0.3 is 0 Å². The molecule has 0 saturated heterocycles. The first kappa shape index (κ1) is 19.9. The molecule has 4 heteroatoms. The first-order valence-corrected chi connectivity index (χ1v) is 15.3. The Labute approximate surface area is 191 Å². The predicted octanol–water partition coefficient (Wildman–Crippen LogP) is 7.25. The zero-order valence-electron chi connectivity index (χ0n) is 18.5. The first-order chi connectivity index (χ1) is 14.9. The fourth-order valence-corrected chi connectivity index (χ4v) is 11.2. The molecule has 7 rings (SSSR count). The molecule has 6 fully saturated rings. The van der Waals surface area contributed by atoms with E-state index in [0.29, 0.717) is 22.6 Å². The van der Waals surface area contributed by atoms with Crippen molar-refractivity contribution >= 4 is 19.7 Å². The van der Waals surface area contributed by atoms with Gasteiger partial charge in [-0.2, -0.15) is 0 Å². The molecule has 2 nitrogen and oxygen atoms in total. The van der Waals surface area contributed by atoms with Crippen LogP contribution in [0.25, 0.3) is 0 Å². The number of rotatable bonds is 4. The zero-order chi connectivity index (χ0) is 21.0. The quantitative estimate of drug-likeness (QED) is 0.445. The minimum absolute atomic E-state index is 0.0714. The monoisotopic (exact) mass is 458 g/mol. The normalized spacial score (nSPS) is 45.3. The van der Waals surface area contributed by atoms with Gasteiger partial charge in [0.25, 0.3) is 9.05 Å². The number of benzene rings is 1. The molecule has 0 heterocycles. The molecule has 1 aromatic carbocycles. The summed E-state index contributed by atoms with van der Waals surface area (Å²) in [5.41, 5.74) is 3.85. The van der Waals surface area contributed by atoms with Gasteiger partial charge in [-0.15, -0.1) is 0 Å². The van der Waals surface area contributed by atoms with Crippen LogP contribution in [0.2, 0.25) is 0 Å². The van der Waals surface area contributed by atoms with Crippen molar-refractivity contribution < 1.29 is 8.42 Å². The second-order valence-electron chi connectivity index (χ2n) is 12.4. The Kier molecular flexibility index (Phi) is 4.33. The van der Waals surface area contributed by atoms with Crippen molar-refractivity contribution in [1.29, 1.82) is 0 Å². The van der Waals surface area contributed by atoms with Gasteiger partial charge in [0.15, 0.2) is 0 Å². The van der Waals surface area contributed by atoms with Crippen LogP contribution in [0.4, 0.5) is 0 Å². The maximum Gasteiger partial charge on any atom is 0.261 e. The van der Waals surface area contributed by atoms with Crippen LogP contribution in [0.3, 0.4) is 0 Å². The molecule has 31 heavy (non-hydrogen) atoms. The standard InChI is InChI=1S/C27H35ClO2S/c28-31(29,30)26-24(23-12-18-2-4-20(23)10-18)13-21(22-11-17-1-3-19(22)9-17)14-25(26)27-7-5-16(15-27)6-8-27/h13-14,16-20,22-23H,1-12,15H2. The summed E-state index contributed by atoms with van der Waals surface area (Å²) in [5.74, 6) is 5.05. The number of fused-ring (bicyclic) bond motifs is 6. The van der Waals surface area contributed by atoms with Gasteiger partial charge in [0, 0.05) is 10.7 Å². The third-order valence-corrected chi connectivity index (χ3v) is 12.4. The molecule has 168 valence electrons. The zero-order valence-corrected chi connectivity index (χ0v) is 20.1. The van der Waals surface area contributed by atoms with Crippen molar-refractivity contribution in [2.45, 2.75) is 106 Å². The highest BCUT2D eigenvalue weighted by Crippen LogP contribution is 2.61. The Morgan fingerprint density at radius 1 is 0.774 bits per heavy atom. The van der Waals surface area contributed by atoms with E-state index in [1.54, 1.807) is 0 Å². The van der Waals surface area contributed by atoms with E-state index in [1.165, 1.54) is 76.2 Å². The van der Waals surface area contributed by atoms with E-state index in [9.17, 15) is 8.42 Å². The third kappa shape index (κ3) is 2.97. The van der Waals surface area contributed by atoms with Gasteiger partial charge >= 0.3 is 0 Å². The highest BCUT2D eigenvalue weighted by Gasteiger charge is 2.51. The molecule has 0 amide bonds. The summed E-state index contributed by atoms with van der Waals surface area (Å²) in [4.78, 5) is 0.571. The van der Waals surface area contributed by atoms with Crippen LogP contribution in [-0.2, 0) is 14.5 Å². The number of hydrogen-bond acceptors (Lipinski definition) is 2. The predicted molar refractivity (Wildman–Crippen MR) is 124 cm³/mol. The largest absolute Gasteiger partial charge is 0.261 e. The maximum absolute atomic E-state index is 13.2. The second kappa shape index (κ2) is 6.75. The average Bonchev–Trinajstić information content (AvgIpc) is 3.58. The summed E-state index contributed by atoms with van der Waals surface area (Å²) in [6.45, 7) is 0. The van der Waals surface area contributed by atoms with Crippen LogP contribution < -0.4 is 0 Å². The van der Waals surface area contributed by atoms with E-state index in [4.69, 9.17) is 10.7 Å². The number of hydrogen-bond donors (Lipinski definition) is 0. The fourth-order valence-electron chi connectivity index (χ4n) is 9.68. The van der Waals surface area contributed by atoms with Gasteiger partial charge in [0.2, 0.25) is 0 Å². The highest BCUT2D eigenvalue weighted by atomic mass is 35.7. The van der Waals surface area contributed by atoms with Crippen molar-refractivity contribution in [3.63, 3.8) is 0 Å². The van der Waals surface area contributed by atoms with Gasteiger partial charge in [-0.05, 0) is 134 Å². The van der Waals surface area contributed by atoms with Crippen molar-refractivity contribution in [3.05, 3.63) is 28.8 Å². The molecule has 6 aliphatic carbocycles. The van der Waals surface area contributed by atoms with E-state index in [2.05, 4.69) is 12.1 Å². The average molecular weight is 459 g/mol. The Morgan fingerprint density at radius 2 is 1.42 bits per heavy atom. The third-order valence-electron chi connectivity index (χ3n) is 11.0. The lowest BCUT2D eigenvalue weighted by Crippen LogP contribution is -2.25.